The first-order chi connectivity index (χ1) is 8.13. The fraction of sp³-hybridized carbons (Fsp3) is 0.429. The molecule has 0 unspecified atom stereocenters. The molecule has 1 fully saturated rings. The maximum Gasteiger partial charge on any atom is 0.227 e. The van der Waals surface area contributed by atoms with Gasteiger partial charge in [0, 0.05) is 11.5 Å². The Morgan fingerprint density at radius 2 is 2.12 bits per heavy atom. The molecule has 1 N–H and O–H groups in total. The molecule has 90 valence electrons. The predicted octanol–water partition coefficient (Wildman–Crippen LogP) is 2.97. The Kier molecular flexibility index (Phi) is 3.27. The maximum atomic E-state index is 11.7. The van der Waals surface area contributed by atoms with Crippen LogP contribution in [-0.2, 0) is 4.79 Å². The lowest BCUT2D eigenvalue weighted by atomic mass is 9.96. The van der Waals surface area contributed by atoms with Gasteiger partial charge in [0.1, 0.15) is 0 Å². The van der Waals surface area contributed by atoms with Gasteiger partial charge in [0.25, 0.3) is 0 Å². The minimum absolute atomic E-state index is 0.0361. The van der Waals surface area contributed by atoms with Crippen LogP contribution in [0.2, 0.25) is 0 Å². The Morgan fingerprint density at radius 3 is 2.65 bits per heavy atom. The van der Waals surface area contributed by atoms with Crippen LogP contribution in [0.3, 0.4) is 0 Å². The second kappa shape index (κ2) is 4.70. The summed E-state index contributed by atoms with van der Waals surface area (Å²) in [6.07, 6.45) is 2.76. The zero-order valence-corrected chi connectivity index (χ0v) is 10.2. The molecule has 3 nitrogen and oxygen atoms in total. The molecular weight excluding hydrogens is 214 g/mol. The van der Waals surface area contributed by atoms with Crippen LogP contribution in [0.5, 0.6) is 0 Å². The van der Waals surface area contributed by atoms with Crippen LogP contribution in [0.25, 0.3) is 0 Å². The molecule has 1 aromatic rings. The van der Waals surface area contributed by atoms with E-state index in [1.807, 2.05) is 26.0 Å². The first-order valence-electron chi connectivity index (χ1n) is 6.02. The third-order valence-corrected chi connectivity index (χ3v) is 3.09. The van der Waals surface area contributed by atoms with Gasteiger partial charge in [-0.25, -0.2) is 0 Å². The van der Waals surface area contributed by atoms with Gasteiger partial charge in [0.05, 0.1) is 5.69 Å². The highest BCUT2D eigenvalue weighted by Crippen LogP contribution is 2.31. The van der Waals surface area contributed by atoms with Gasteiger partial charge in [-0.05, 0) is 30.4 Å². The molecule has 0 spiro atoms. The van der Waals surface area contributed by atoms with E-state index >= 15 is 0 Å². The highest BCUT2D eigenvalue weighted by Gasteiger charge is 2.30. The molecule has 1 amide bonds. The van der Waals surface area contributed by atoms with Gasteiger partial charge < -0.3 is 5.32 Å². The van der Waals surface area contributed by atoms with E-state index in [2.05, 4.69) is 5.32 Å². The van der Waals surface area contributed by atoms with Gasteiger partial charge in [0.15, 0.2) is 6.29 Å². The number of amides is 1. The van der Waals surface area contributed by atoms with Crippen molar-refractivity contribution >= 4 is 17.9 Å². The second-order valence-electron chi connectivity index (χ2n) is 4.84. The standard InChI is InChI=1S/C14H17NO2/c1-9(2)11-4-3-5-13(12(11)8-16)15-14(17)10-6-7-10/h3-5,8-10H,6-7H2,1-2H3,(H,15,17). The fourth-order valence-electron chi connectivity index (χ4n) is 1.91. The Labute approximate surface area is 101 Å². The highest BCUT2D eigenvalue weighted by atomic mass is 16.2. The van der Waals surface area contributed by atoms with E-state index < -0.39 is 0 Å². The SMILES string of the molecule is CC(C)c1cccc(NC(=O)C2CC2)c1C=O. The Bertz CT molecular complexity index is 448. The van der Waals surface area contributed by atoms with E-state index in [0.717, 1.165) is 24.7 Å². The third kappa shape index (κ3) is 2.54. The summed E-state index contributed by atoms with van der Waals surface area (Å²) in [5, 5.41) is 2.85. The summed E-state index contributed by atoms with van der Waals surface area (Å²) < 4.78 is 0. The van der Waals surface area contributed by atoms with E-state index in [0.29, 0.717) is 11.3 Å². The van der Waals surface area contributed by atoms with Crippen molar-refractivity contribution in [3.8, 4) is 0 Å². The van der Waals surface area contributed by atoms with E-state index in [1.54, 1.807) is 6.07 Å². The van der Waals surface area contributed by atoms with Gasteiger partial charge >= 0.3 is 0 Å². The summed E-state index contributed by atoms with van der Waals surface area (Å²) >= 11 is 0. The molecule has 17 heavy (non-hydrogen) atoms. The number of anilines is 1. The number of benzene rings is 1. The summed E-state index contributed by atoms with van der Waals surface area (Å²) in [5.74, 6) is 0.458. The number of nitrogens with one attached hydrogen (secondary N) is 1. The Balaban J connectivity index is 2.28. The summed E-state index contributed by atoms with van der Waals surface area (Å²) in [5.41, 5.74) is 2.23. The molecule has 0 radical (unpaired) electrons. The van der Waals surface area contributed by atoms with Crippen molar-refractivity contribution in [1.82, 2.24) is 0 Å². The fourth-order valence-corrected chi connectivity index (χ4v) is 1.91. The summed E-state index contributed by atoms with van der Waals surface area (Å²) in [6, 6.07) is 5.60. The van der Waals surface area contributed by atoms with Crippen molar-refractivity contribution < 1.29 is 9.59 Å². The van der Waals surface area contributed by atoms with Crippen molar-refractivity contribution in [2.45, 2.75) is 32.6 Å². The number of carbonyl (C=O) groups is 2. The molecule has 0 atom stereocenters. The monoisotopic (exact) mass is 231 g/mol. The van der Waals surface area contributed by atoms with Crippen LogP contribution in [0.15, 0.2) is 18.2 Å². The zero-order chi connectivity index (χ0) is 12.4. The normalized spacial score (nSPS) is 14.8. The van der Waals surface area contributed by atoms with Crippen molar-refractivity contribution in [3.63, 3.8) is 0 Å². The van der Waals surface area contributed by atoms with Gasteiger partial charge in [0.2, 0.25) is 5.91 Å². The van der Waals surface area contributed by atoms with Gasteiger partial charge in [-0.3, -0.25) is 9.59 Å². The molecule has 1 saturated carbocycles. The lowest BCUT2D eigenvalue weighted by Crippen LogP contribution is -2.15. The number of rotatable bonds is 4. The maximum absolute atomic E-state index is 11.7. The lowest BCUT2D eigenvalue weighted by molar-refractivity contribution is -0.117. The van der Waals surface area contributed by atoms with Crippen molar-refractivity contribution in [1.29, 1.82) is 0 Å². The molecule has 0 aliphatic heterocycles. The minimum atomic E-state index is 0.0361. The van der Waals surface area contributed by atoms with E-state index in [1.165, 1.54) is 0 Å². The molecule has 1 aliphatic rings. The smallest absolute Gasteiger partial charge is 0.227 e. The van der Waals surface area contributed by atoms with Crippen LogP contribution in [0.1, 0.15) is 48.5 Å². The molecule has 0 aromatic heterocycles. The summed E-state index contributed by atoms with van der Waals surface area (Å²) in [7, 11) is 0. The third-order valence-electron chi connectivity index (χ3n) is 3.09. The van der Waals surface area contributed by atoms with Crippen LogP contribution in [-0.4, -0.2) is 12.2 Å². The van der Waals surface area contributed by atoms with E-state index in [9.17, 15) is 9.59 Å². The molecule has 0 saturated heterocycles. The molecule has 1 aromatic carbocycles. The van der Waals surface area contributed by atoms with E-state index in [-0.39, 0.29) is 17.7 Å². The molecule has 2 rings (SSSR count). The van der Waals surface area contributed by atoms with Gasteiger partial charge in [-0.1, -0.05) is 26.0 Å². The Hall–Kier alpha value is -1.64. The number of carbonyl (C=O) groups excluding carboxylic acids is 2. The molecule has 0 heterocycles. The first-order valence-corrected chi connectivity index (χ1v) is 6.02. The average Bonchev–Trinajstić information content (AvgIpc) is 3.12. The summed E-state index contributed by atoms with van der Waals surface area (Å²) in [4.78, 5) is 22.9. The van der Waals surface area contributed by atoms with Crippen LogP contribution < -0.4 is 5.32 Å². The van der Waals surface area contributed by atoms with Gasteiger partial charge in [-0.2, -0.15) is 0 Å². The average molecular weight is 231 g/mol. The van der Waals surface area contributed by atoms with Gasteiger partial charge in [-0.15, -0.1) is 0 Å². The lowest BCUT2D eigenvalue weighted by Gasteiger charge is -2.13. The quantitative estimate of drug-likeness (QED) is 0.810. The minimum Gasteiger partial charge on any atom is -0.325 e. The van der Waals surface area contributed by atoms with Crippen molar-refractivity contribution in [2.24, 2.45) is 5.92 Å². The zero-order valence-electron chi connectivity index (χ0n) is 10.2. The predicted molar refractivity (Wildman–Crippen MR) is 67.3 cm³/mol. The van der Waals surface area contributed by atoms with Crippen LogP contribution in [0.4, 0.5) is 5.69 Å². The Morgan fingerprint density at radius 1 is 1.41 bits per heavy atom. The molecule has 3 heteroatoms. The van der Waals surface area contributed by atoms with Crippen molar-refractivity contribution in [3.05, 3.63) is 29.3 Å². The van der Waals surface area contributed by atoms with Crippen LogP contribution in [0, 0.1) is 5.92 Å². The number of aldehydes is 1. The number of hydrogen-bond acceptors (Lipinski definition) is 2. The highest BCUT2D eigenvalue weighted by molar-refractivity contribution is 5.99. The molecule has 0 bridgehead atoms. The van der Waals surface area contributed by atoms with Crippen molar-refractivity contribution in [2.75, 3.05) is 5.32 Å². The molecular formula is C14H17NO2. The largest absolute Gasteiger partial charge is 0.325 e. The number of hydrogen-bond donors (Lipinski definition) is 1. The summed E-state index contributed by atoms with van der Waals surface area (Å²) in [6.45, 7) is 4.07. The molecule has 1 aliphatic carbocycles. The van der Waals surface area contributed by atoms with E-state index in [4.69, 9.17) is 0 Å². The topological polar surface area (TPSA) is 46.2 Å². The second-order valence-corrected chi connectivity index (χ2v) is 4.84. The first kappa shape index (κ1) is 11.8. The van der Waals surface area contributed by atoms with Crippen LogP contribution >= 0.6 is 0 Å².